The SMILES string of the molecule is CNc1nc(Nc2cn(C)nc2S(=O)C(C)C)c2[nH]ccc2n1. The lowest BCUT2D eigenvalue weighted by molar-refractivity contribution is 0.666. The molecule has 3 rings (SSSR count). The Labute approximate surface area is 136 Å². The number of hydrogen-bond donors (Lipinski definition) is 3. The highest BCUT2D eigenvalue weighted by atomic mass is 32.2. The summed E-state index contributed by atoms with van der Waals surface area (Å²) < 4.78 is 14.1. The molecule has 3 heterocycles. The van der Waals surface area contributed by atoms with Crippen LogP contribution < -0.4 is 10.6 Å². The Morgan fingerprint density at radius 2 is 2.13 bits per heavy atom. The molecular weight excluding hydrogens is 314 g/mol. The van der Waals surface area contributed by atoms with Crippen LogP contribution in [0.1, 0.15) is 13.8 Å². The van der Waals surface area contributed by atoms with E-state index in [1.165, 1.54) is 0 Å². The van der Waals surface area contributed by atoms with Crippen molar-refractivity contribution in [1.29, 1.82) is 0 Å². The minimum absolute atomic E-state index is 0.0192. The van der Waals surface area contributed by atoms with Crippen LogP contribution in [0.3, 0.4) is 0 Å². The van der Waals surface area contributed by atoms with E-state index in [0.29, 0.717) is 22.5 Å². The standard InChI is InChI=1S/C14H19N7OS/c1-8(2)23(22)13-10(7-21(4)20-13)17-12-11-9(5-6-16-11)18-14(15-3)19-12/h5-8,16H,1-4H3,(H2,15,17,18,19). The van der Waals surface area contributed by atoms with Crippen LogP contribution in [0.2, 0.25) is 0 Å². The summed E-state index contributed by atoms with van der Waals surface area (Å²) in [4.78, 5) is 11.9. The van der Waals surface area contributed by atoms with E-state index < -0.39 is 10.8 Å². The number of hydrogen-bond acceptors (Lipinski definition) is 6. The second-order valence-electron chi connectivity index (χ2n) is 5.38. The number of H-pyrrole nitrogens is 1. The van der Waals surface area contributed by atoms with Gasteiger partial charge in [-0.1, -0.05) is 13.8 Å². The molecule has 0 bridgehead atoms. The Morgan fingerprint density at radius 3 is 2.83 bits per heavy atom. The van der Waals surface area contributed by atoms with E-state index in [9.17, 15) is 4.21 Å². The van der Waals surface area contributed by atoms with Crippen LogP contribution in [0.15, 0.2) is 23.5 Å². The molecule has 0 aliphatic rings. The van der Waals surface area contributed by atoms with Crippen LogP contribution in [0.5, 0.6) is 0 Å². The van der Waals surface area contributed by atoms with Gasteiger partial charge in [0, 0.05) is 31.7 Å². The zero-order valence-electron chi connectivity index (χ0n) is 13.4. The molecule has 122 valence electrons. The van der Waals surface area contributed by atoms with Gasteiger partial charge in [-0.3, -0.25) is 8.89 Å². The summed E-state index contributed by atoms with van der Waals surface area (Å²) in [6, 6.07) is 1.87. The van der Waals surface area contributed by atoms with Gasteiger partial charge in [0.05, 0.1) is 22.0 Å². The average Bonchev–Trinajstić information content (AvgIpc) is 3.12. The number of aromatic amines is 1. The molecule has 0 amide bonds. The molecule has 0 fully saturated rings. The Kier molecular flexibility index (Phi) is 4.03. The van der Waals surface area contributed by atoms with Crippen molar-refractivity contribution in [3.05, 3.63) is 18.5 Å². The first kappa shape index (κ1) is 15.5. The highest BCUT2D eigenvalue weighted by Crippen LogP contribution is 2.27. The summed E-state index contributed by atoms with van der Waals surface area (Å²) in [5.41, 5.74) is 2.26. The fraction of sp³-hybridized carbons (Fsp3) is 0.357. The Bertz CT molecular complexity index is 867. The predicted molar refractivity (Wildman–Crippen MR) is 91.5 cm³/mol. The molecule has 0 aliphatic heterocycles. The molecule has 23 heavy (non-hydrogen) atoms. The number of aryl methyl sites for hydroxylation is 1. The first-order chi connectivity index (χ1) is 11.0. The van der Waals surface area contributed by atoms with Crippen molar-refractivity contribution in [3.63, 3.8) is 0 Å². The molecule has 1 unspecified atom stereocenters. The Hall–Kier alpha value is -2.42. The van der Waals surface area contributed by atoms with Crippen molar-refractivity contribution < 1.29 is 4.21 Å². The summed E-state index contributed by atoms with van der Waals surface area (Å²) in [6.45, 7) is 3.81. The molecule has 0 spiro atoms. The van der Waals surface area contributed by atoms with Crippen molar-refractivity contribution in [2.24, 2.45) is 7.05 Å². The number of nitrogens with zero attached hydrogens (tertiary/aromatic N) is 4. The van der Waals surface area contributed by atoms with E-state index in [-0.39, 0.29) is 5.25 Å². The summed E-state index contributed by atoms with van der Waals surface area (Å²) in [6.07, 6.45) is 3.60. The molecule has 3 N–H and O–H groups in total. The number of nitrogens with one attached hydrogen (secondary N) is 3. The van der Waals surface area contributed by atoms with E-state index in [0.717, 1.165) is 11.0 Å². The lowest BCUT2D eigenvalue weighted by Crippen LogP contribution is -2.09. The fourth-order valence-corrected chi connectivity index (χ4v) is 3.18. The van der Waals surface area contributed by atoms with Crippen LogP contribution >= 0.6 is 0 Å². The molecule has 0 aliphatic carbocycles. The quantitative estimate of drug-likeness (QED) is 0.660. The van der Waals surface area contributed by atoms with Gasteiger partial charge in [-0.2, -0.15) is 10.1 Å². The lowest BCUT2D eigenvalue weighted by atomic mass is 10.4. The molecular formula is C14H19N7OS. The first-order valence-electron chi connectivity index (χ1n) is 7.23. The van der Waals surface area contributed by atoms with E-state index in [2.05, 4.69) is 30.7 Å². The van der Waals surface area contributed by atoms with Crippen LogP contribution in [-0.2, 0) is 17.8 Å². The second-order valence-corrected chi connectivity index (χ2v) is 7.30. The molecule has 0 saturated carbocycles. The van der Waals surface area contributed by atoms with Crippen molar-refractivity contribution in [2.75, 3.05) is 17.7 Å². The minimum atomic E-state index is -1.19. The average molecular weight is 333 g/mol. The normalized spacial score (nSPS) is 12.7. The summed E-state index contributed by atoms with van der Waals surface area (Å²) >= 11 is 0. The zero-order chi connectivity index (χ0) is 16.6. The number of rotatable bonds is 5. The third-order valence-corrected chi connectivity index (χ3v) is 4.84. The highest BCUT2D eigenvalue weighted by molar-refractivity contribution is 7.85. The largest absolute Gasteiger partial charge is 0.357 e. The number of aromatic nitrogens is 5. The Balaban J connectivity index is 2.06. The number of fused-ring (bicyclic) bond motifs is 1. The molecule has 0 radical (unpaired) electrons. The van der Waals surface area contributed by atoms with Gasteiger partial charge in [0.1, 0.15) is 5.52 Å². The van der Waals surface area contributed by atoms with Gasteiger partial charge >= 0.3 is 0 Å². The minimum Gasteiger partial charge on any atom is -0.357 e. The predicted octanol–water partition coefficient (Wildman–Crippen LogP) is 1.99. The van der Waals surface area contributed by atoms with E-state index in [1.54, 1.807) is 31.2 Å². The maximum atomic E-state index is 12.4. The van der Waals surface area contributed by atoms with Gasteiger partial charge in [0.2, 0.25) is 5.95 Å². The Morgan fingerprint density at radius 1 is 1.35 bits per heavy atom. The topological polar surface area (TPSA) is 101 Å². The van der Waals surface area contributed by atoms with Gasteiger partial charge in [0.25, 0.3) is 0 Å². The molecule has 9 heteroatoms. The summed E-state index contributed by atoms with van der Waals surface area (Å²) in [5, 5.41) is 11.0. The van der Waals surface area contributed by atoms with Crippen LogP contribution in [-0.4, -0.2) is 41.2 Å². The monoisotopic (exact) mass is 333 g/mol. The highest BCUT2D eigenvalue weighted by Gasteiger charge is 2.19. The second kappa shape index (κ2) is 5.99. The smallest absolute Gasteiger partial charge is 0.225 e. The third-order valence-electron chi connectivity index (χ3n) is 3.30. The van der Waals surface area contributed by atoms with Crippen LogP contribution in [0.25, 0.3) is 11.0 Å². The van der Waals surface area contributed by atoms with Gasteiger partial charge in [-0.05, 0) is 6.07 Å². The van der Waals surface area contributed by atoms with Crippen molar-refractivity contribution in [3.8, 4) is 0 Å². The summed E-state index contributed by atoms with van der Waals surface area (Å²) in [5.74, 6) is 1.12. The molecule has 0 saturated heterocycles. The van der Waals surface area contributed by atoms with Crippen molar-refractivity contribution in [1.82, 2.24) is 24.7 Å². The van der Waals surface area contributed by atoms with Gasteiger partial charge in [-0.25, -0.2) is 4.98 Å². The van der Waals surface area contributed by atoms with E-state index in [4.69, 9.17) is 0 Å². The number of anilines is 3. The van der Waals surface area contributed by atoms with Crippen molar-refractivity contribution >= 4 is 39.3 Å². The van der Waals surface area contributed by atoms with Crippen LogP contribution in [0, 0.1) is 0 Å². The molecule has 3 aromatic heterocycles. The van der Waals surface area contributed by atoms with E-state index in [1.807, 2.05) is 19.9 Å². The van der Waals surface area contributed by atoms with Gasteiger partial charge < -0.3 is 15.6 Å². The fourth-order valence-electron chi connectivity index (χ4n) is 2.20. The zero-order valence-corrected chi connectivity index (χ0v) is 14.2. The molecule has 8 nitrogen and oxygen atoms in total. The molecule has 0 aromatic carbocycles. The maximum Gasteiger partial charge on any atom is 0.225 e. The van der Waals surface area contributed by atoms with Gasteiger partial charge in [0.15, 0.2) is 10.8 Å². The maximum absolute atomic E-state index is 12.4. The summed E-state index contributed by atoms with van der Waals surface area (Å²) in [7, 11) is 2.37. The lowest BCUT2D eigenvalue weighted by Gasteiger charge is -2.09. The third kappa shape index (κ3) is 2.91. The van der Waals surface area contributed by atoms with Crippen LogP contribution in [0.4, 0.5) is 17.5 Å². The van der Waals surface area contributed by atoms with Crippen molar-refractivity contribution in [2.45, 2.75) is 24.1 Å². The van der Waals surface area contributed by atoms with E-state index >= 15 is 0 Å². The first-order valence-corrected chi connectivity index (χ1v) is 8.45. The molecule has 1 atom stereocenters. The van der Waals surface area contributed by atoms with Gasteiger partial charge in [-0.15, -0.1) is 0 Å². The molecule has 3 aromatic rings.